The quantitative estimate of drug-likeness (QED) is 0.780. The summed E-state index contributed by atoms with van der Waals surface area (Å²) in [5.41, 5.74) is 0.440. The lowest BCUT2D eigenvalue weighted by Gasteiger charge is -2.43. The lowest BCUT2D eigenvalue weighted by molar-refractivity contribution is -0.180. The van der Waals surface area contributed by atoms with Crippen molar-refractivity contribution < 1.29 is 18.7 Å². The monoisotopic (exact) mass is 349 g/mol. The molecule has 3 rings (SSSR count). The molecule has 1 aromatic carbocycles. The molecule has 4 nitrogen and oxygen atoms in total. The molecule has 2 aliphatic heterocycles. The number of carbonyl (C=O) groups is 1. The van der Waals surface area contributed by atoms with Crippen molar-refractivity contribution >= 4 is 5.97 Å². The maximum absolute atomic E-state index is 13.1. The van der Waals surface area contributed by atoms with Crippen LogP contribution >= 0.6 is 0 Å². The first-order valence-corrected chi connectivity index (χ1v) is 9.32. The number of carbonyl (C=O) groups excluding carboxylic acids is 1. The number of likely N-dealkylation sites (tertiary alicyclic amines) is 1. The number of nitrogens with zero attached hydrogens (tertiary/aromatic N) is 1. The molecule has 0 saturated carbocycles. The lowest BCUT2D eigenvalue weighted by atomic mass is 9.87. The van der Waals surface area contributed by atoms with Crippen LogP contribution in [0.4, 0.5) is 4.39 Å². The molecule has 0 aliphatic carbocycles. The first-order chi connectivity index (χ1) is 12.0. The molecule has 0 aromatic heterocycles. The molecule has 2 aliphatic rings. The molecule has 25 heavy (non-hydrogen) atoms. The Bertz CT molecular complexity index is 573. The molecule has 2 saturated heterocycles. The van der Waals surface area contributed by atoms with Crippen LogP contribution in [0.15, 0.2) is 24.3 Å². The molecule has 1 aromatic rings. The van der Waals surface area contributed by atoms with E-state index in [0.717, 1.165) is 32.4 Å². The van der Waals surface area contributed by atoms with Crippen molar-refractivity contribution in [1.82, 2.24) is 4.90 Å². The van der Waals surface area contributed by atoms with Crippen LogP contribution in [0.25, 0.3) is 0 Å². The second-order valence-electron chi connectivity index (χ2n) is 7.32. The van der Waals surface area contributed by atoms with Crippen LogP contribution in [-0.4, -0.2) is 48.8 Å². The van der Waals surface area contributed by atoms with E-state index in [9.17, 15) is 9.18 Å². The SMILES string of the molecule is CCOC(=O)C1(C)CCC(N2CCC(c3ccc(F)cc3)CC2)CO1. The second kappa shape index (κ2) is 7.83. The number of hydrogen-bond acceptors (Lipinski definition) is 4. The van der Waals surface area contributed by atoms with E-state index in [-0.39, 0.29) is 11.8 Å². The van der Waals surface area contributed by atoms with Gasteiger partial charge < -0.3 is 9.47 Å². The van der Waals surface area contributed by atoms with Gasteiger partial charge in [-0.2, -0.15) is 0 Å². The van der Waals surface area contributed by atoms with Crippen molar-refractivity contribution in [3.63, 3.8) is 0 Å². The predicted octanol–water partition coefficient (Wildman–Crippen LogP) is 3.51. The smallest absolute Gasteiger partial charge is 0.338 e. The number of esters is 1. The molecular formula is C20H28FNO3. The van der Waals surface area contributed by atoms with Crippen LogP contribution in [0.2, 0.25) is 0 Å². The van der Waals surface area contributed by atoms with Crippen molar-refractivity contribution in [3.05, 3.63) is 35.6 Å². The Labute approximate surface area is 149 Å². The summed E-state index contributed by atoms with van der Waals surface area (Å²) in [6, 6.07) is 7.28. The van der Waals surface area contributed by atoms with Gasteiger partial charge >= 0.3 is 5.97 Å². The zero-order chi connectivity index (χ0) is 17.9. The molecule has 0 amide bonds. The Morgan fingerprint density at radius 1 is 1.28 bits per heavy atom. The van der Waals surface area contributed by atoms with Crippen molar-refractivity contribution in [1.29, 1.82) is 0 Å². The molecule has 2 unspecified atom stereocenters. The normalized spacial score (nSPS) is 28.7. The van der Waals surface area contributed by atoms with Gasteiger partial charge in [0.1, 0.15) is 5.82 Å². The second-order valence-corrected chi connectivity index (χ2v) is 7.32. The van der Waals surface area contributed by atoms with E-state index < -0.39 is 5.60 Å². The summed E-state index contributed by atoms with van der Waals surface area (Å²) in [4.78, 5) is 14.5. The number of halogens is 1. The highest BCUT2D eigenvalue weighted by atomic mass is 19.1. The summed E-state index contributed by atoms with van der Waals surface area (Å²) in [6.07, 6.45) is 3.82. The summed E-state index contributed by atoms with van der Waals surface area (Å²) < 4.78 is 24.1. The van der Waals surface area contributed by atoms with Crippen LogP contribution in [0.3, 0.4) is 0 Å². The Balaban J connectivity index is 1.49. The number of hydrogen-bond donors (Lipinski definition) is 0. The van der Waals surface area contributed by atoms with E-state index in [4.69, 9.17) is 9.47 Å². The summed E-state index contributed by atoms with van der Waals surface area (Å²) in [7, 11) is 0. The molecule has 0 spiro atoms. The molecule has 2 heterocycles. The molecule has 0 N–H and O–H groups in total. The van der Waals surface area contributed by atoms with Gasteiger partial charge in [0.25, 0.3) is 0 Å². The summed E-state index contributed by atoms with van der Waals surface area (Å²) in [5.74, 6) is 0.0832. The number of benzene rings is 1. The van der Waals surface area contributed by atoms with Gasteiger partial charge in [-0.15, -0.1) is 0 Å². The molecular weight excluding hydrogens is 321 g/mol. The van der Waals surface area contributed by atoms with E-state index in [2.05, 4.69) is 4.90 Å². The third-order valence-corrected chi connectivity index (χ3v) is 5.64. The first kappa shape index (κ1) is 18.3. The van der Waals surface area contributed by atoms with Crippen LogP contribution < -0.4 is 0 Å². The Morgan fingerprint density at radius 2 is 1.96 bits per heavy atom. The molecule has 0 radical (unpaired) electrons. The summed E-state index contributed by atoms with van der Waals surface area (Å²) >= 11 is 0. The zero-order valence-corrected chi connectivity index (χ0v) is 15.2. The van der Waals surface area contributed by atoms with E-state index >= 15 is 0 Å². The van der Waals surface area contributed by atoms with Gasteiger partial charge in [0, 0.05) is 6.04 Å². The highest BCUT2D eigenvalue weighted by molar-refractivity contribution is 5.79. The molecule has 5 heteroatoms. The zero-order valence-electron chi connectivity index (χ0n) is 15.2. The van der Waals surface area contributed by atoms with Crippen LogP contribution in [0, 0.1) is 5.82 Å². The van der Waals surface area contributed by atoms with Gasteiger partial charge in [0.15, 0.2) is 5.60 Å². The average molecular weight is 349 g/mol. The van der Waals surface area contributed by atoms with Gasteiger partial charge in [-0.3, -0.25) is 4.90 Å². The van der Waals surface area contributed by atoms with Gasteiger partial charge in [-0.1, -0.05) is 12.1 Å². The Kier molecular flexibility index (Phi) is 5.74. The van der Waals surface area contributed by atoms with Gasteiger partial charge in [0.2, 0.25) is 0 Å². The highest BCUT2D eigenvalue weighted by Crippen LogP contribution is 2.33. The van der Waals surface area contributed by atoms with Gasteiger partial charge in [-0.25, -0.2) is 9.18 Å². The van der Waals surface area contributed by atoms with Crippen molar-refractivity contribution in [2.45, 2.75) is 57.1 Å². The van der Waals surface area contributed by atoms with E-state index in [1.165, 1.54) is 5.56 Å². The molecule has 0 bridgehead atoms. The van der Waals surface area contributed by atoms with Crippen LogP contribution in [0.1, 0.15) is 51.0 Å². The fourth-order valence-corrected chi connectivity index (χ4v) is 3.94. The van der Waals surface area contributed by atoms with Crippen molar-refractivity contribution in [2.75, 3.05) is 26.3 Å². The number of rotatable bonds is 4. The first-order valence-electron chi connectivity index (χ1n) is 9.32. The Morgan fingerprint density at radius 3 is 2.52 bits per heavy atom. The fraction of sp³-hybridized carbons (Fsp3) is 0.650. The molecule has 2 atom stereocenters. The third kappa shape index (κ3) is 4.21. The summed E-state index contributed by atoms with van der Waals surface area (Å²) in [6.45, 7) is 6.66. The third-order valence-electron chi connectivity index (χ3n) is 5.64. The van der Waals surface area contributed by atoms with E-state index in [0.29, 0.717) is 31.6 Å². The minimum absolute atomic E-state index is 0.176. The topological polar surface area (TPSA) is 38.8 Å². The maximum atomic E-state index is 13.1. The predicted molar refractivity (Wildman–Crippen MR) is 94.0 cm³/mol. The van der Waals surface area contributed by atoms with Crippen LogP contribution in [0.5, 0.6) is 0 Å². The van der Waals surface area contributed by atoms with E-state index in [1.54, 1.807) is 12.1 Å². The minimum Gasteiger partial charge on any atom is -0.464 e. The van der Waals surface area contributed by atoms with E-state index in [1.807, 2.05) is 26.0 Å². The minimum atomic E-state index is -0.793. The average Bonchev–Trinajstić information content (AvgIpc) is 2.63. The number of ether oxygens (including phenoxy) is 2. The molecule has 138 valence electrons. The Hall–Kier alpha value is -1.46. The lowest BCUT2D eigenvalue weighted by Crippen LogP contribution is -2.52. The van der Waals surface area contributed by atoms with Gasteiger partial charge in [-0.05, 0) is 76.2 Å². The van der Waals surface area contributed by atoms with Crippen molar-refractivity contribution in [3.8, 4) is 0 Å². The standard InChI is InChI=1S/C20H28FNO3/c1-3-24-19(23)20(2)11-8-18(14-25-20)22-12-9-16(10-13-22)15-4-6-17(21)7-5-15/h4-7,16,18H,3,8-14H2,1-2H3. The van der Waals surface area contributed by atoms with Crippen molar-refractivity contribution in [2.24, 2.45) is 0 Å². The fourth-order valence-electron chi connectivity index (χ4n) is 3.94. The van der Waals surface area contributed by atoms with Gasteiger partial charge in [0.05, 0.1) is 13.2 Å². The van der Waals surface area contributed by atoms with Crippen LogP contribution in [-0.2, 0) is 14.3 Å². The summed E-state index contributed by atoms with van der Waals surface area (Å²) in [5, 5.41) is 0. The highest BCUT2D eigenvalue weighted by Gasteiger charge is 2.41. The molecule has 2 fully saturated rings. The largest absolute Gasteiger partial charge is 0.464 e. The maximum Gasteiger partial charge on any atom is 0.338 e. The number of piperidine rings is 1.